The summed E-state index contributed by atoms with van der Waals surface area (Å²) in [7, 11) is 0. The number of amides is 1. The normalized spacial score (nSPS) is 17.4. The first-order valence-corrected chi connectivity index (χ1v) is 10.7. The van der Waals surface area contributed by atoms with E-state index in [2.05, 4.69) is 22.0 Å². The van der Waals surface area contributed by atoms with Crippen molar-refractivity contribution in [2.45, 2.75) is 26.3 Å². The van der Waals surface area contributed by atoms with Crippen LogP contribution in [0.5, 0.6) is 0 Å². The largest absolute Gasteiger partial charge is 0.338 e. The molecule has 0 saturated carbocycles. The molecule has 29 heavy (non-hydrogen) atoms. The van der Waals surface area contributed by atoms with Crippen LogP contribution in [0.4, 0.5) is 5.95 Å². The van der Waals surface area contributed by atoms with Gasteiger partial charge < -0.3 is 9.80 Å². The minimum Gasteiger partial charge on any atom is -0.338 e. The van der Waals surface area contributed by atoms with Crippen molar-refractivity contribution < 1.29 is 4.79 Å². The summed E-state index contributed by atoms with van der Waals surface area (Å²) in [6, 6.07) is 12.1. The van der Waals surface area contributed by atoms with Crippen molar-refractivity contribution in [1.29, 1.82) is 0 Å². The number of nitrogens with zero attached hydrogens (tertiary/aromatic N) is 6. The Kier molecular flexibility index (Phi) is 4.43. The van der Waals surface area contributed by atoms with Crippen molar-refractivity contribution in [3.63, 3.8) is 0 Å². The van der Waals surface area contributed by atoms with Gasteiger partial charge in [0.1, 0.15) is 5.82 Å². The number of anilines is 1. The van der Waals surface area contributed by atoms with Crippen LogP contribution in [0.15, 0.2) is 41.8 Å². The Hall–Kier alpha value is -3.00. The first-order valence-electron chi connectivity index (χ1n) is 9.79. The maximum absolute atomic E-state index is 12.8. The molecule has 1 aromatic carbocycles. The van der Waals surface area contributed by atoms with E-state index in [4.69, 9.17) is 4.98 Å². The predicted octanol–water partition coefficient (Wildman–Crippen LogP) is 2.93. The lowest BCUT2D eigenvalue weighted by Crippen LogP contribution is -2.55. The third-order valence-electron chi connectivity index (χ3n) is 5.53. The van der Waals surface area contributed by atoms with Gasteiger partial charge in [-0.1, -0.05) is 18.2 Å². The van der Waals surface area contributed by atoms with E-state index in [0.29, 0.717) is 13.0 Å². The van der Waals surface area contributed by atoms with Crippen LogP contribution >= 0.6 is 11.3 Å². The van der Waals surface area contributed by atoms with E-state index in [0.717, 1.165) is 46.3 Å². The Morgan fingerprint density at radius 3 is 2.83 bits per heavy atom. The molecule has 0 spiro atoms. The Balaban J connectivity index is 1.44. The van der Waals surface area contributed by atoms with Crippen molar-refractivity contribution >= 4 is 39.7 Å². The van der Waals surface area contributed by atoms with E-state index < -0.39 is 0 Å². The Bertz CT molecular complexity index is 1180. The third kappa shape index (κ3) is 3.13. The maximum atomic E-state index is 12.8. The van der Waals surface area contributed by atoms with Gasteiger partial charge in [0.2, 0.25) is 11.9 Å². The number of hydrogen-bond donors (Lipinski definition) is 0. The van der Waals surface area contributed by atoms with Crippen molar-refractivity contribution in [2.75, 3.05) is 24.5 Å². The van der Waals surface area contributed by atoms with E-state index >= 15 is 0 Å². The van der Waals surface area contributed by atoms with Gasteiger partial charge in [0, 0.05) is 35.9 Å². The van der Waals surface area contributed by atoms with Crippen molar-refractivity contribution in [2.24, 2.45) is 0 Å². The maximum Gasteiger partial charge on any atom is 0.228 e. The fourth-order valence-electron chi connectivity index (χ4n) is 4.08. The first kappa shape index (κ1) is 18.1. The molecule has 3 aromatic heterocycles. The van der Waals surface area contributed by atoms with Crippen LogP contribution in [0.1, 0.15) is 17.6 Å². The zero-order valence-corrected chi connectivity index (χ0v) is 17.3. The summed E-state index contributed by atoms with van der Waals surface area (Å²) in [6.07, 6.45) is 0.477. The summed E-state index contributed by atoms with van der Waals surface area (Å²) >= 11 is 1.63. The van der Waals surface area contributed by atoms with E-state index in [9.17, 15) is 4.79 Å². The highest BCUT2D eigenvalue weighted by molar-refractivity contribution is 7.10. The fraction of sp³-hybridized carbons (Fsp3) is 0.333. The average molecular weight is 407 g/mol. The molecular weight excluding hydrogens is 384 g/mol. The molecule has 1 aliphatic rings. The van der Waals surface area contributed by atoms with Gasteiger partial charge in [-0.05, 0) is 37.4 Å². The molecule has 1 aliphatic heterocycles. The number of fused-ring (bicyclic) bond motifs is 3. The van der Waals surface area contributed by atoms with E-state index in [1.165, 1.54) is 0 Å². The molecule has 1 amide bonds. The molecule has 4 aromatic rings. The molecule has 4 heterocycles. The molecule has 1 fully saturated rings. The number of hydrogen-bond acceptors (Lipinski definition) is 6. The van der Waals surface area contributed by atoms with Gasteiger partial charge >= 0.3 is 0 Å². The highest BCUT2D eigenvalue weighted by atomic mass is 32.1. The molecule has 7 nitrogen and oxygen atoms in total. The molecule has 5 rings (SSSR count). The lowest BCUT2D eigenvalue weighted by molar-refractivity contribution is -0.132. The zero-order chi connectivity index (χ0) is 20.0. The van der Waals surface area contributed by atoms with Crippen LogP contribution < -0.4 is 4.90 Å². The van der Waals surface area contributed by atoms with Crippen LogP contribution in [-0.4, -0.2) is 56.1 Å². The Morgan fingerprint density at radius 2 is 2.03 bits per heavy atom. The highest BCUT2D eigenvalue weighted by Crippen LogP contribution is 2.26. The van der Waals surface area contributed by atoms with Crippen LogP contribution in [0.3, 0.4) is 0 Å². The number of aryl methyl sites for hydroxylation is 1. The van der Waals surface area contributed by atoms with Gasteiger partial charge in [-0.2, -0.15) is 0 Å². The molecule has 0 bridgehead atoms. The van der Waals surface area contributed by atoms with Gasteiger partial charge in [0.05, 0.1) is 11.9 Å². The summed E-state index contributed by atoms with van der Waals surface area (Å²) in [4.78, 5) is 23.1. The van der Waals surface area contributed by atoms with E-state index in [1.807, 2.05) is 58.0 Å². The second-order valence-electron chi connectivity index (χ2n) is 7.47. The predicted molar refractivity (Wildman–Crippen MR) is 114 cm³/mol. The average Bonchev–Trinajstić information content (AvgIpc) is 3.37. The number of carbonyl (C=O) groups excluding carboxylic acids is 1. The number of benzene rings is 1. The molecule has 1 saturated heterocycles. The van der Waals surface area contributed by atoms with Gasteiger partial charge in [-0.15, -0.1) is 21.5 Å². The van der Waals surface area contributed by atoms with Gasteiger partial charge in [0.15, 0.2) is 5.65 Å². The smallest absolute Gasteiger partial charge is 0.228 e. The third-order valence-corrected chi connectivity index (χ3v) is 6.40. The monoisotopic (exact) mass is 406 g/mol. The minimum absolute atomic E-state index is 0.108. The molecule has 0 N–H and O–H groups in total. The zero-order valence-electron chi connectivity index (χ0n) is 16.4. The van der Waals surface area contributed by atoms with E-state index in [-0.39, 0.29) is 11.9 Å². The first-order chi connectivity index (χ1) is 14.1. The lowest BCUT2D eigenvalue weighted by Gasteiger charge is -2.40. The highest BCUT2D eigenvalue weighted by Gasteiger charge is 2.30. The molecule has 1 unspecified atom stereocenters. The second kappa shape index (κ2) is 7.11. The lowest BCUT2D eigenvalue weighted by atomic mass is 10.1. The summed E-state index contributed by atoms with van der Waals surface area (Å²) in [5.74, 6) is 1.85. The van der Waals surface area contributed by atoms with Gasteiger partial charge in [-0.3, -0.25) is 4.79 Å². The summed E-state index contributed by atoms with van der Waals surface area (Å²) in [6.45, 7) is 6.20. The minimum atomic E-state index is 0.108. The van der Waals surface area contributed by atoms with Crippen molar-refractivity contribution in [3.05, 3.63) is 52.5 Å². The van der Waals surface area contributed by atoms with E-state index in [1.54, 1.807) is 11.3 Å². The van der Waals surface area contributed by atoms with Gasteiger partial charge in [-0.25, -0.2) is 9.38 Å². The standard InChI is InChI=1S/C21H22N6OS/c1-14-13-25(9-10-26(14)19(28)12-16-6-5-11-29-16)21-22-18-8-4-3-7-17(18)20-24-23-15(2)27(20)21/h3-8,11,14H,9-10,12-13H2,1-2H3. The van der Waals surface area contributed by atoms with Crippen LogP contribution in [0.25, 0.3) is 16.6 Å². The second-order valence-corrected chi connectivity index (χ2v) is 8.51. The number of carbonyl (C=O) groups is 1. The SMILES string of the molecule is Cc1nnc2c3ccccc3nc(N3CCN(C(=O)Cc4cccs4)C(C)C3)n12. The van der Waals surface area contributed by atoms with Crippen molar-refractivity contribution in [1.82, 2.24) is 24.5 Å². The fourth-order valence-corrected chi connectivity index (χ4v) is 4.78. The number of aromatic nitrogens is 4. The molecule has 8 heteroatoms. The van der Waals surface area contributed by atoms with Crippen LogP contribution in [-0.2, 0) is 11.2 Å². The molecule has 148 valence electrons. The van der Waals surface area contributed by atoms with Crippen LogP contribution in [0.2, 0.25) is 0 Å². The van der Waals surface area contributed by atoms with Crippen LogP contribution in [0, 0.1) is 6.92 Å². The number of piperazine rings is 1. The molecule has 0 radical (unpaired) electrons. The quantitative estimate of drug-likeness (QED) is 0.523. The summed E-state index contributed by atoms with van der Waals surface area (Å²) in [5, 5.41) is 11.7. The number of thiophene rings is 1. The summed E-state index contributed by atoms with van der Waals surface area (Å²) in [5.41, 5.74) is 1.73. The molecule has 0 aliphatic carbocycles. The molecular formula is C21H22N6OS. The number of para-hydroxylation sites is 1. The molecule has 1 atom stereocenters. The van der Waals surface area contributed by atoms with Crippen molar-refractivity contribution in [3.8, 4) is 0 Å². The number of rotatable bonds is 3. The Labute approximate surface area is 172 Å². The summed E-state index contributed by atoms with van der Waals surface area (Å²) < 4.78 is 2.03. The van der Waals surface area contributed by atoms with Gasteiger partial charge in [0.25, 0.3) is 0 Å². The Morgan fingerprint density at radius 1 is 1.17 bits per heavy atom. The topological polar surface area (TPSA) is 66.6 Å².